The van der Waals surface area contributed by atoms with Crippen LogP contribution in [0.3, 0.4) is 0 Å². The molecular formula is C31H35N5OS. The number of hydrogen-bond acceptors (Lipinski definition) is 5. The zero-order valence-electron chi connectivity index (χ0n) is 22.1. The van der Waals surface area contributed by atoms with Crippen LogP contribution in [0.1, 0.15) is 22.4 Å². The van der Waals surface area contributed by atoms with Crippen molar-refractivity contribution in [3.8, 4) is 16.9 Å². The van der Waals surface area contributed by atoms with Gasteiger partial charge in [0.2, 0.25) is 5.91 Å². The van der Waals surface area contributed by atoms with Crippen molar-refractivity contribution in [3.05, 3.63) is 101 Å². The van der Waals surface area contributed by atoms with Gasteiger partial charge in [-0.05, 0) is 49.2 Å². The maximum Gasteiger partial charge on any atom is 0.234 e. The van der Waals surface area contributed by atoms with Gasteiger partial charge in [-0.25, -0.2) is 4.68 Å². The summed E-state index contributed by atoms with van der Waals surface area (Å²) in [6.07, 6.45) is 0. The first kappa shape index (κ1) is 26.1. The fourth-order valence-electron chi connectivity index (χ4n) is 5.02. The Hall–Kier alpha value is -3.55. The predicted octanol–water partition coefficient (Wildman–Crippen LogP) is 5.02. The van der Waals surface area contributed by atoms with Crippen LogP contribution in [0.4, 0.5) is 5.69 Å². The number of para-hydroxylation sites is 1. The highest BCUT2D eigenvalue weighted by atomic mass is 32.1. The topological polar surface area (TPSA) is 53.4 Å². The Morgan fingerprint density at radius 2 is 1.66 bits per heavy atom. The lowest BCUT2D eigenvalue weighted by Crippen LogP contribution is -2.49. The highest BCUT2D eigenvalue weighted by molar-refractivity contribution is 7.79. The third-order valence-electron chi connectivity index (χ3n) is 7.09. The smallest absolute Gasteiger partial charge is 0.234 e. The summed E-state index contributed by atoms with van der Waals surface area (Å²) in [5.41, 5.74) is 8.95. The molecule has 0 spiro atoms. The van der Waals surface area contributed by atoms with Gasteiger partial charge in [0.05, 0.1) is 30.2 Å². The fourth-order valence-corrected chi connectivity index (χ4v) is 5.24. The molecule has 196 valence electrons. The van der Waals surface area contributed by atoms with Gasteiger partial charge in [-0.3, -0.25) is 9.69 Å². The van der Waals surface area contributed by atoms with Crippen LogP contribution < -0.4 is 10.2 Å². The molecule has 7 heteroatoms. The molecule has 0 unspecified atom stereocenters. The van der Waals surface area contributed by atoms with Gasteiger partial charge < -0.3 is 10.2 Å². The first-order valence-electron chi connectivity index (χ1n) is 13.2. The zero-order chi connectivity index (χ0) is 26.5. The van der Waals surface area contributed by atoms with Crippen LogP contribution in [-0.4, -0.2) is 53.3 Å². The van der Waals surface area contributed by atoms with Crippen LogP contribution in [0.2, 0.25) is 0 Å². The number of carbonyl (C=O) groups is 1. The lowest BCUT2D eigenvalue weighted by molar-refractivity contribution is -0.122. The van der Waals surface area contributed by atoms with Gasteiger partial charge >= 0.3 is 0 Å². The number of aromatic nitrogens is 2. The molecule has 1 N–H and O–H groups in total. The number of nitrogens with zero attached hydrogens (tertiary/aromatic N) is 4. The number of benzene rings is 3. The second-order valence-corrected chi connectivity index (χ2v) is 10.3. The Balaban J connectivity index is 1.20. The molecule has 5 rings (SSSR count). The van der Waals surface area contributed by atoms with Crippen molar-refractivity contribution in [1.29, 1.82) is 0 Å². The van der Waals surface area contributed by atoms with Crippen LogP contribution in [0.15, 0.2) is 78.9 Å². The van der Waals surface area contributed by atoms with Gasteiger partial charge in [0.25, 0.3) is 0 Å². The van der Waals surface area contributed by atoms with E-state index in [-0.39, 0.29) is 5.91 Å². The number of rotatable bonds is 8. The first-order chi connectivity index (χ1) is 18.5. The number of aryl methyl sites for hydroxylation is 2. The van der Waals surface area contributed by atoms with Crippen molar-refractivity contribution in [2.24, 2.45) is 0 Å². The maximum absolute atomic E-state index is 12.8. The number of amides is 1. The third-order valence-corrected chi connectivity index (χ3v) is 7.46. The molecule has 0 aliphatic carbocycles. The number of nitrogens with one attached hydrogen (secondary N) is 1. The molecule has 38 heavy (non-hydrogen) atoms. The molecule has 1 aliphatic heterocycles. The Labute approximate surface area is 230 Å². The third kappa shape index (κ3) is 6.11. The molecule has 3 aromatic carbocycles. The number of anilines is 1. The van der Waals surface area contributed by atoms with Crippen molar-refractivity contribution < 1.29 is 4.79 Å². The monoisotopic (exact) mass is 525 g/mol. The van der Waals surface area contributed by atoms with Crippen LogP contribution in [0, 0.1) is 13.8 Å². The summed E-state index contributed by atoms with van der Waals surface area (Å²) in [4.78, 5) is 17.5. The molecule has 1 aliphatic rings. The zero-order valence-corrected chi connectivity index (χ0v) is 23.0. The predicted molar refractivity (Wildman–Crippen MR) is 158 cm³/mol. The summed E-state index contributed by atoms with van der Waals surface area (Å²) in [6, 6.07) is 27.1. The average Bonchev–Trinajstić information content (AvgIpc) is 3.37. The molecule has 1 fully saturated rings. The Bertz CT molecular complexity index is 1380. The van der Waals surface area contributed by atoms with E-state index in [1.165, 1.54) is 22.4 Å². The molecule has 2 heterocycles. The van der Waals surface area contributed by atoms with Crippen molar-refractivity contribution in [2.45, 2.75) is 26.1 Å². The molecule has 0 saturated carbocycles. The minimum atomic E-state index is 0.0268. The summed E-state index contributed by atoms with van der Waals surface area (Å²) in [7, 11) is 0. The minimum Gasteiger partial charge on any atom is -0.369 e. The van der Waals surface area contributed by atoms with Gasteiger partial charge in [-0.2, -0.15) is 17.7 Å². The second-order valence-electron chi connectivity index (χ2n) is 9.95. The number of piperazine rings is 1. The lowest BCUT2D eigenvalue weighted by atomic mass is 10.1. The standard InChI is InChI=1S/C31H35N5OS/c1-23-8-13-29(24(2)18-23)35-16-14-34(15-17-35)21-31(37)32-20-27-19-30(26-11-9-25(22-38)10-12-26)36(33-27)28-6-4-3-5-7-28/h3-13,18-19,38H,14-17,20-22H2,1-2H3,(H,32,37). The molecule has 0 bridgehead atoms. The summed E-state index contributed by atoms with van der Waals surface area (Å²) in [5.74, 6) is 0.731. The van der Waals surface area contributed by atoms with Gasteiger partial charge in [-0.15, -0.1) is 0 Å². The van der Waals surface area contributed by atoms with Crippen molar-refractivity contribution in [2.75, 3.05) is 37.6 Å². The fraction of sp³-hybridized carbons (Fsp3) is 0.290. The highest BCUT2D eigenvalue weighted by Gasteiger charge is 2.20. The second kappa shape index (κ2) is 11.9. The Morgan fingerprint density at radius 1 is 0.921 bits per heavy atom. The molecule has 0 radical (unpaired) electrons. The summed E-state index contributed by atoms with van der Waals surface area (Å²) in [6.45, 7) is 8.68. The molecule has 6 nitrogen and oxygen atoms in total. The number of hydrogen-bond donors (Lipinski definition) is 2. The van der Waals surface area contributed by atoms with Crippen molar-refractivity contribution >= 4 is 24.2 Å². The summed E-state index contributed by atoms with van der Waals surface area (Å²) in [5, 5.41) is 7.93. The van der Waals surface area contributed by atoms with E-state index < -0.39 is 0 Å². The van der Waals surface area contributed by atoms with E-state index in [2.05, 4.69) is 90.1 Å². The molecular weight excluding hydrogens is 490 g/mol. The lowest BCUT2D eigenvalue weighted by Gasteiger charge is -2.36. The summed E-state index contributed by atoms with van der Waals surface area (Å²) >= 11 is 4.37. The minimum absolute atomic E-state index is 0.0268. The van der Waals surface area contributed by atoms with Gasteiger partial charge in [0.1, 0.15) is 0 Å². The van der Waals surface area contributed by atoms with E-state index in [9.17, 15) is 4.79 Å². The van der Waals surface area contributed by atoms with Crippen LogP contribution in [0.25, 0.3) is 16.9 Å². The summed E-state index contributed by atoms with van der Waals surface area (Å²) < 4.78 is 1.95. The molecule has 1 amide bonds. The Morgan fingerprint density at radius 3 is 2.34 bits per heavy atom. The van der Waals surface area contributed by atoms with Crippen molar-refractivity contribution in [3.63, 3.8) is 0 Å². The quantitative estimate of drug-likeness (QED) is 0.317. The van der Waals surface area contributed by atoms with Crippen LogP contribution in [0.5, 0.6) is 0 Å². The van der Waals surface area contributed by atoms with E-state index in [4.69, 9.17) is 5.10 Å². The maximum atomic E-state index is 12.8. The van der Waals surface area contributed by atoms with E-state index in [1.54, 1.807) is 0 Å². The molecule has 0 atom stereocenters. The average molecular weight is 526 g/mol. The van der Waals surface area contributed by atoms with Gasteiger partial charge in [0, 0.05) is 43.2 Å². The highest BCUT2D eigenvalue weighted by Crippen LogP contribution is 2.25. The van der Waals surface area contributed by atoms with Crippen LogP contribution in [-0.2, 0) is 17.1 Å². The number of thiol groups is 1. The molecule has 1 aromatic heterocycles. The van der Waals surface area contributed by atoms with E-state index in [0.717, 1.165) is 48.8 Å². The normalized spacial score (nSPS) is 14.0. The Kier molecular flexibility index (Phi) is 8.15. The van der Waals surface area contributed by atoms with E-state index >= 15 is 0 Å². The van der Waals surface area contributed by atoms with E-state index in [1.807, 2.05) is 35.0 Å². The van der Waals surface area contributed by atoms with Crippen LogP contribution >= 0.6 is 12.6 Å². The van der Waals surface area contributed by atoms with Gasteiger partial charge in [0.15, 0.2) is 0 Å². The molecule has 1 saturated heterocycles. The number of carbonyl (C=O) groups excluding carboxylic acids is 1. The van der Waals surface area contributed by atoms with Crippen molar-refractivity contribution in [1.82, 2.24) is 20.0 Å². The largest absolute Gasteiger partial charge is 0.369 e. The SMILES string of the molecule is Cc1ccc(N2CCN(CC(=O)NCc3cc(-c4ccc(CS)cc4)n(-c4ccccc4)n3)CC2)c(C)c1. The molecule has 4 aromatic rings. The first-order valence-corrected chi connectivity index (χ1v) is 13.8. The van der Waals surface area contributed by atoms with Gasteiger partial charge in [-0.1, -0.05) is 60.2 Å². The van der Waals surface area contributed by atoms with E-state index in [0.29, 0.717) is 18.8 Å².